The molecule has 0 radical (unpaired) electrons. The smallest absolute Gasteiger partial charge is 0.149 e. The van der Waals surface area contributed by atoms with Crippen LogP contribution in [0.15, 0.2) is 53.1 Å². The zero-order valence-electron chi connectivity index (χ0n) is 10.9. The number of nitrogens with zero attached hydrogens (tertiary/aromatic N) is 1. The highest BCUT2D eigenvalue weighted by Crippen LogP contribution is 2.25. The van der Waals surface area contributed by atoms with Gasteiger partial charge in [0.2, 0.25) is 0 Å². The first-order chi connectivity index (χ1) is 10.1. The van der Waals surface area contributed by atoms with Crippen LogP contribution in [0.2, 0.25) is 0 Å². The molecule has 1 aromatic heterocycles. The molecule has 5 heteroatoms. The van der Waals surface area contributed by atoms with Crippen LogP contribution >= 0.6 is 15.9 Å². The SMILES string of the molecule is Fc1cc(F)c(NCc2cccc3cccnc23)cc1Br. The van der Waals surface area contributed by atoms with Gasteiger partial charge in [0.1, 0.15) is 11.6 Å². The van der Waals surface area contributed by atoms with E-state index < -0.39 is 11.6 Å². The van der Waals surface area contributed by atoms with Crippen LogP contribution in [0.5, 0.6) is 0 Å². The van der Waals surface area contributed by atoms with E-state index in [2.05, 4.69) is 26.2 Å². The zero-order chi connectivity index (χ0) is 14.8. The fraction of sp³-hybridized carbons (Fsp3) is 0.0625. The molecule has 1 N–H and O–H groups in total. The van der Waals surface area contributed by atoms with Crippen molar-refractivity contribution in [2.45, 2.75) is 6.54 Å². The van der Waals surface area contributed by atoms with Crippen molar-refractivity contribution >= 4 is 32.5 Å². The molecule has 0 aliphatic heterocycles. The Kier molecular flexibility index (Phi) is 3.84. The largest absolute Gasteiger partial charge is 0.378 e. The molecule has 3 aromatic rings. The molecule has 2 aromatic carbocycles. The van der Waals surface area contributed by atoms with Gasteiger partial charge in [0.05, 0.1) is 15.7 Å². The van der Waals surface area contributed by atoms with Crippen molar-refractivity contribution in [3.63, 3.8) is 0 Å². The number of hydrogen-bond donors (Lipinski definition) is 1. The van der Waals surface area contributed by atoms with E-state index in [0.717, 1.165) is 22.5 Å². The van der Waals surface area contributed by atoms with Crippen molar-refractivity contribution in [2.75, 3.05) is 5.32 Å². The Labute approximate surface area is 129 Å². The second-order valence-electron chi connectivity index (χ2n) is 4.59. The molecular formula is C16H11BrF2N2. The Balaban J connectivity index is 1.89. The van der Waals surface area contributed by atoms with Crippen molar-refractivity contribution < 1.29 is 8.78 Å². The third-order valence-corrected chi connectivity index (χ3v) is 3.80. The van der Waals surface area contributed by atoms with Gasteiger partial charge >= 0.3 is 0 Å². The van der Waals surface area contributed by atoms with E-state index in [1.54, 1.807) is 6.20 Å². The molecule has 2 nitrogen and oxygen atoms in total. The summed E-state index contributed by atoms with van der Waals surface area (Å²) >= 11 is 3.05. The Morgan fingerprint density at radius 3 is 2.71 bits per heavy atom. The Morgan fingerprint density at radius 2 is 1.86 bits per heavy atom. The highest BCUT2D eigenvalue weighted by molar-refractivity contribution is 9.10. The molecule has 3 rings (SSSR count). The summed E-state index contributed by atoms with van der Waals surface area (Å²) in [4.78, 5) is 4.34. The summed E-state index contributed by atoms with van der Waals surface area (Å²) in [5.41, 5.74) is 2.07. The predicted molar refractivity (Wildman–Crippen MR) is 83.1 cm³/mol. The van der Waals surface area contributed by atoms with E-state index in [1.165, 1.54) is 6.07 Å². The first kappa shape index (κ1) is 13.9. The molecule has 21 heavy (non-hydrogen) atoms. The molecular weight excluding hydrogens is 338 g/mol. The fourth-order valence-electron chi connectivity index (χ4n) is 2.16. The van der Waals surface area contributed by atoms with Gasteiger partial charge in [-0.1, -0.05) is 24.3 Å². The summed E-state index contributed by atoms with van der Waals surface area (Å²) in [6.45, 7) is 0.406. The average molecular weight is 349 g/mol. The third kappa shape index (κ3) is 2.88. The van der Waals surface area contributed by atoms with E-state index in [0.29, 0.717) is 6.54 Å². The van der Waals surface area contributed by atoms with Crippen LogP contribution in [-0.4, -0.2) is 4.98 Å². The van der Waals surface area contributed by atoms with E-state index in [-0.39, 0.29) is 10.2 Å². The first-order valence-corrected chi connectivity index (χ1v) is 7.15. The van der Waals surface area contributed by atoms with Crippen LogP contribution in [0.4, 0.5) is 14.5 Å². The van der Waals surface area contributed by atoms with Crippen molar-refractivity contribution in [3.8, 4) is 0 Å². The van der Waals surface area contributed by atoms with Gasteiger partial charge in [-0.3, -0.25) is 4.98 Å². The topological polar surface area (TPSA) is 24.9 Å². The highest BCUT2D eigenvalue weighted by Gasteiger charge is 2.09. The van der Waals surface area contributed by atoms with Gasteiger partial charge in [0.15, 0.2) is 0 Å². The number of rotatable bonds is 3. The molecule has 0 fully saturated rings. The monoisotopic (exact) mass is 348 g/mol. The van der Waals surface area contributed by atoms with Crippen LogP contribution < -0.4 is 5.32 Å². The predicted octanol–water partition coefficient (Wildman–Crippen LogP) is 4.89. The van der Waals surface area contributed by atoms with Gasteiger partial charge < -0.3 is 5.32 Å². The van der Waals surface area contributed by atoms with Crippen molar-refractivity contribution in [3.05, 3.63) is 70.3 Å². The van der Waals surface area contributed by atoms with Gasteiger partial charge in [0, 0.05) is 24.2 Å². The third-order valence-electron chi connectivity index (χ3n) is 3.20. The summed E-state index contributed by atoms with van der Waals surface area (Å²) in [5, 5.41) is 4.00. The van der Waals surface area contributed by atoms with Gasteiger partial charge in [-0.2, -0.15) is 0 Å². The molecule has 0 spiro atoms. The summed E-state index contributed by atoms with van der Waals surface area (Å²) in [5.74, 6) is -1.24. The highest BCUT2D eigenvalue weighted by atomic mass is 79.9. The van der Waals surface area contributed by atoms with Gasteiger partial charge in [0.25, 0.3) is 0 Å². The van der Waals surface area contributed by atoms with Crippen LogP contribution in [0.3, 0.4) is 0 Å². The number of hydrogen-bond acceptors (Lipinski definition) is 2. The molecule has 0 aliphatic carbocycles. The maximum atomic E-state index is 13.7. The second-order valence-corrected chi connectivity index (χ2v) is 5.45. The molecule has 106 valence electrons. The number of para-hydroxylation sites is 1. The summed E-state index contributed by atoms with van der Waals surface area (Å²) in [6, 6.07) is 11.9. The lowest BCUT2D eigenvalue weighted by atomic mass is 10.1. The molecule has 0 aliphatic rings. The number of benzene rings is 2. The van der Waals surface area contributed by atoms with Gasteiger partial charge in [-0.15, -0.1) is 0 Å². The van der Waals surface area contributed by atoms with Crippen LogP contribution in [0.1, 0.15) is 5.56 Å². The molecule has 0 bridgehead atoms. The molecule has 0 amide bonds. The van der Waals surface area contributed by atoms with Gasteiger partial charge in [-0.05, 0) is 33.6 Å². The van der Waals surface area contributed by atoms with Crippen LogP contribution in [-0.2, 0) is 6.54 Å². The van der Waals surface area contributed by atoms with Crippen molar-refractivity contribution in [1.82, 2.24) is 4.98 Å². The fourth-order valence-corrected chi connectivity index (χ4v) is 2.50. The molecule has 0 saturated carbocycles. The number of pyridine rings is 1. The lowest BCUT2D eigenvalue weighted by Gasteiger charge is -2.10. The van der Waals surface area contributed by atoms with Crippen molar-refractivity contribution in [1.29, 1.82) is 0 Å². The van der Waals surface area contributed by atoms with E-state index in [1.807, 2.05) is 30.3 Å². The van der Waals surface area contributed by atoms with Crippen LogP contribution in [0, 0.1) is 11.6 Å². The lowest BCUT2D eigenvalue weighted by molar-refractivity contribution is 0.580. The van der Waals surface area contributed by atoms with Crippen molar-refractivity contribution in [2.24, 2.45) is 0 Å². The number of aromatic nitrogens is 1. The Bertz CT molecular complexity index is 800. The minimum absolute atomic E-state index is 0.224. The summed E-state index contributed by atoms with van der Waals surface area (Å²) in [6.07, 6.45) is 1.72. The summed E-state index contributed by atoms with van der Waals surface area (Å²) in [7, 11) is 0. The molecule has 0 atom stereocenters. The second kappa shape index (κ2) is 5.77. The maximum Gasteiger partial charge on any atom is 0.149 e. The minimum atomic E-state index is -0.621. The first-order valence-electron chi connectivity index (χ1n) is 6.36. The Hall–Kier alpha value is -2.01. The summed E-state index contributed by atoms with van der Waals surface area (Å²) < 4.78 is 27.1. The number of halogens is 3. The lowest BCUT2D eigenvalue weighted by Crippen LogP contribution is -2.03. The Morgan fingerprint density at radius 1 is 1.05 bits per heavy atom. The average Bonchev–Trinajstić information content (AvgIpc) is 2.49. The number of anilines is 1. The maximum absolute atomic E-state index is 13.7. The molecule has 0 saturated heterocycles. The normalized spacial score (nSPS) is 10.8. The zero-order valence-corrected chi connectivity index (χ0v) is 12.5. The van der Waals surface area contributed by atoms with E-state index in [4.69, 9.17) is 0 Å². The van der Waals surface area contributed by atoms with E-state index >= 15 is 0 Å². The van der Waals surface area contributed by atoms with E-state index in [9.17, 15) is 8.78 Å². The quantitative estimate of drug-likeness (QED) is 0.681. The van der Waals surface area contributed by atoms with Crippen LogP contribution in [0.25, 0.3) is 10.9 Å². The molecule has 0 unspecified atom stereocenters. The standard InChI is InChI=1S/C16H11BrF2N2/c17-12-7-15(14(19)8-13(12)18)21-9-11-4-1-3-10-5-2-6-20-16(10)11/h1-8,21H,9H2. The number of nitrogens with one attached hydrogen (secondary N) is 1. The van der Waals surface area contributed by atoms with Gasteiger partial charge in [-0.25, -0.2) is 8.78 Å². The minimum Gasteiger partial charge on any atom is -0.378 e. The molecule has 1 heterocycles. The number of fused-ring (bicyclic) bond motifs is 1.